The molecule has 5 aliphatic rings. The molecule has 2 bridgehead atoms. The molecule has 3 saturated carbocycles. The third-order valence-electron chi connectivity index (χ3n) is 6.78. The van der Waals surface area contributed by atoms with Gasteiger partial charge in [-0.3, -0.25) is 9.78 Å². The summed E-state index contributed by atoms with van der Waals surface area (Å²) in [6.07, 6.45) is 6.09. The quantitative estimate of drug-likeness (QED) is 0.801. The summed E-state index contributed by atoms with van der Waals surface area (Å²) >= 11 is 0. The number of halogens is 1. The number of likely N-dealkylation sites (tertiary alicyclic amines) is 1. The Labute approximate surface area is 134 Å². The summed E-state index contributed by atoms with van der Waals surface area (Å²) in [7, 11) is 0. The number of fused-ring (bicyclic) bond motifs is 5. The Balaban J connectivity index is 1.48. The SMILES string of the molecule is C[C@H]1CN(C(=O)C23CCC(C#N)(C2)C3)[C@@H]2c3cncc(F)c3C21. The molecular weight excluding hydrogens is 293 g/mol. The predicted octanol–water partition coefficient (Wildman–Crippen LogP) is 2.92. The van der Waals surface area contributed by atoms with Crippen molar-refractivity contribution in [3.05, 3.63) is 29.3 Å². The molecular formula is C18H18FN3O. The van der Waals surface area contributed by atoms with Gasteiger partial charge >= 0.3 is 0 Å². The molecule has 1 aromatic heterocycles. The largest absolute Gasteiger partial charge is 0.334 e. The highest BCUT2D eigenvalue weighted by Crippen LogP contribution is 2.69. The normalized spacial score (nSPS) is 42.3. The highest BCUT2D eigenvalue weighted by Gasteiger charge is 2.67. The van der Waals surface area contributed by atoms with E-state index in [1.54, 1.807) is 6.20 Å². The zero-order chi connectivity index (χ0) is 16.0. The fourth-order valence-electron chi connectivity index (χ4n) is 5.78. The zero-order valence-corrected chi connectivity index (χ0v) is 13.1. The van der Waals surface area contributed by atoms with Gasteiger partial charge in [-0.2, -0.15) is 5.26 Å². The Morgan fingerprint density at radius 1 is 1.43 bits per heavy atom. The molecule has 1 aliphatic heterocycles. The molecule has 1 aromatic rings. The van der Waals surface area contributed by atoms with E-state index in [9.17, 15) is 14.4 Å². The van der Waals surface area contributed by atoms with Crippen LogP contribution in [0.1, 0.15) is 55.7 Å². The highest BCUT2D eigenvalue weighted by atomic mass is 19.1. The van der Waals surface area contributed by atoms with E-state index in [1.165, 1.54) is 6.20 Å². The average Bonchev–Trinajstić information content (AvgIpc) is 3.11. The molecule has 118 valence electrons. The van der Waals surface area contributed by atoms with Crippen molar-refractivity contribution in [2.75, 3.05) is 6.54 Å². The summed E-state index contributed by atoms with van der Waals surface area (Å²) in [6.45, 7) is 2.78. The Morgan fingerprint density at radius 2 is 2.22 bits per heavy atom. The van der Waals surface area contributed by atoms with Crippen molar-refractivity contribution in [2.24, 2.45) is 16.7 Å². The van der Waals surface area contributed by atoms with Gasteiger partial charge in [0.2, 0.25) is 5.91 Å². The van der Waals surface area contributed by atoms with Gasteiger partial charge in [-0.25, -0.2) is 4.39 Å². The van der Waals surface area contributed by atoms with Crippen molar-refractivity contribution < 1.29 is 9.18 Å². The second-order valence-corrected chi connectivity index (χ2v) is 8.06. The number of hydrogen-bond donors (Lipinski definition) is 0. The molecule has 5 heteroatoms. The summed E-state index contributed by atoms with van der Waals surface area (Å²) in [4.78, 5) is 19.1. The number of pyridine rings is 1. The minimum Gasteiger partial charge on any atom is -0.334 e. The first kappa shape index (κ1) is 13.5. The van der Waals surface area contributed by atoms with Gasteiger partial charge in [-0.05, 0) is 31.6 Å². The molecule has 3 atom stereocenters. The molecule has 4 aliphatic carbocycles. The lowest BCUT2D eigenvalue weighted by molar-refractivity contribution is -0.149. The van der Waals surface area contributed by atoms with Gasteiger partial charge < -0.3 is 4.90 Å². The van der Waals surface area contributed by atoms with Gasteiger partial charge in [0.1, 0.15) is 5.82 Å². The van der Waals surface area contributed by atoms with Gasteiger partial charge in [0.25, 0.3) is 0 Å². The molecule has 1 saturated heterocycles. The first-order valence-corrected chi connectivity index (χ1v) is 8.36. The van der Waals surface area contributed by atoms with Crippen LogP contribution in [0.3, 0.4) is 0 Å². The van der Waals surface area contributed by atoms with E-state index in [4.69, 9.17) is 0 Å². The van der Waals surface area contributed by atoms with E-state index in [-0.39, 0.29) is 40.4 Å². The smallest absolute Gasteiger partial charge is 0.229 e. The molecule has 0 radical (unpaired) electrons. The number of aromatic nitrogens is 1. The van der Waals surface area contributed by atoms with Gasteiger partial charge in [-0.1, -0.05) is 6.92 Å². The number of amides is 1. The second-order valence-electron chi connectivity index (χ2n) is 8.06. The van der Waals surface area contributed by atoms with E-state index in [1.807, 2.05) is 4.90 Å². The van der Waals surface area contributed by atoms with E-state index >= 15 is 0 Å². The summed E-state index contributed by atoms with van der Waals surface area (Å²) in [5.74, 6) is 0.328. The van der Waals surface area contributed by atoms with Crippen molar-refractivity contribution in [2.45, 2.75) is 44.6 Å². The van der Waals surface area contributed by atoms with Gasteiger partial charge in [0.15, 0.2) is 0 Å². The van der Waals surface area contributed by atoms with Crippen LogP contribution < -0.4 is 0 Å². The van der Waals surface area contributed by atoms with Gasteiger partial charge in [0, 0.05) is 29.8 Å². The molecule has 4 fully saturated rings. The third kappa shape index (κ3) is 1.41. The van der Waals surface area contributed by atoms with Crippen molar-refractivity contribution in [1.82, 2.24) is 9.88 Å². The molecule has 6 rings (SSSR count). The molecule has 1 amide bonds. The first-order valence-electron chi connectivity index (χ1n) is 8.36. The molecule has 4 nitrogen and oxygen atoms in total. The van der Waals surface area contributed by atoms with Crippen LogP contribution in [0.15, 0.2) is 12.4 Å². The number of nitrogens with zero attached hydrogens (tertiary/aromatic N) is 3. The summed E-state index contributed by atoms with van der Waals surface area (Å²) in [6, 6.07) is 2.40. The van der Waals surface area contributed by atoms with Crippen molar-refractivity contribution >= 4 is 5.91 Å². The van der Waals surface area contributed by atoms with Crippen LogP contribution in [0.4, 0.5) is 4.39 Å². The van der Waals surface area contributed by atoms with Crippen molar-refractivity contribution in [3.63, 3.8) is 0 Å². The van der Waals surface area contributed by atoms with Gasteiger partial charge in [-0.15, -0.1) is 0 Å². The van der Waals surface area contributed by atoms with Crippen LogP contribution in [0, 0.1) is 33.9 Å². The van der Waals surface area contributed by atoms with Gasteiger partial charge in [0.05, 0.1) is 29.1 Å². The van der Waals surface area contributed by atoms with Crippen LogP contribution in [0.25, 0.3) is 0 Å². The second kappa shape index (κ2) is 3.92. The van der Waals surface area contributed by atoms with Crippen LogP contribution in [0.2, 0.25) is 0 Å². The lowest BCUT2D eigenvalue weighted by atomic mass is 9.60. The van der Waals surface area contributed by atoms with Crippen LogP contribution in [0.5, 0.6) is 0 Å². The lowest BCUT2D eigenvalue weighted by Crippen LogP contribution is -2.50. The summed E-state index contributed by atoms with van der Waals surface area (Å²) in [5, 5.41) is 9.31. The minimum absolute atomic E-state index is 0.0113. The number of nitriles is 1. The third-order valence-corrected chi connectivity index (χ3v) is 6.78. The lowest BCUT2D eigenvalue weighted by Gasteiger charge is -2.47. The molecule has 0 spiro atoms. The monoisotopic (exact) mass is 311 g/mol. The Morgan fingerprint density at radius 3 is 2.91 bits per heavy atom. The summed E-state index contributed by atoms with van der Waals surface area (Å²) < 4.78 is 14.0. The maximum atomic E-state index is 14.0. The molecule has 23 heavy (non-hydrogen) atoms. The van der Waals surface area contributed by atoms with Crippen LogP contribution in [-0.4, -0.2) is 22.3 Å². The van der Waals surface area contributed by atoms with E-state index in [0.29, 0.717) is 19.4 Å². The zero-order valence-electron chi connectivity index (χ0n) is 13.1. The van der Waals surface area contributed by atoms with Crippen molar-refractivity contribution in [1.29, 1.82) is 5.26 Å². The van der Waals surface area contributed by atoms with E-state index < -0.39 is 0 Å². The molecule has 0 N–H and O–H groups in total. The fourth-order valence-corrected chi connectivity index (χ4v) is 5.78. The summed E-state index contributed by atoms with van der Waals surface area (Å²) in [5.41, 5.74) is 1.08. The number of hydrogen-bond acceptors (Lipinski definition) is 3. The Bertz CT molecular complexity index is 777. The standard InChI is InChI=1S/C18H18FN3O/c1-10-6-22(15-11-4-21-5-12(19)14(11)13(10)15)16(23)18-3-2-17(7-18,8-18)9-20/h4-5,10,13,15H,2-3,6-8H2,1H3/t10-,13?,15+,17?,18?/m0/s1. The molecule has 0 aromatic carbocycles. The first-order chi connectivity index (χ1) is 11.0. The molecule has 1 unspecified atom stereocenters. The number of carbonyl (C=O) groups excluding carboxylic acids is 1. The predicted molar refractivity (Wildman–Crippen MR) is 79.5 cm³/mol. The fraction of sp³-hybridized carbons (Fsp3) is 0.611. The number of carbonyl (C=O) groups is 1. The Kier molecular flexibility index (Phi) is 2.30. The number of rotatable bonds is 1. The topological polar surface area (TPSA) is 57.0 Å². The minimum atomic E-state index is -0.319. The molecule has 2 heterocycles. The average molecular weight is 311 g/mol. The van der Waals surface area contributed by atoms with Crippen LogP contribution in [-0.2, 0) is 4.79 Å². The highest BCUT2D eigenvalue weighted by molar-refractivity contribution is 5.86. The van der Waals surface area contributed by atoms with Crippen LogP contribution >= 0.6 is 0 Å². The Hall–Kier alpha value is -1.96. The maximum Gasteiger partial charge on any atom is 0.229 e. The maximum absolute atomic E-state index is 14.0. The van der Waals surface area contributed by atoms with E-state index in [2.05, 4.69) is 18.0 Å². The van der Waals surface area contributed by atoms with Crippen molar-refractivity contribution in [3.8, 4) is 6.07 Å². The van der Waals surface area contributed by atoms with E-state index in [0.717, 1.165) is 24.0 Å².